The van der Waals surface area contributed by atoms with Gasteiger partial charge in [0.1, 0.15) is 0 Å². The van der Waals surface area contributed by atoms with Crippen molar-refractivity contribution in [2.24, 2.45) is 0 Å². The largest absolute Gasteiger partial charge is 0.493 e. The number of carbonyl (C=O) groups is 1. The van der Waals surface area contributed by atoms with Gasteiger partial charge in [0.2, 0.25) is 0 Å². The van der Waals surface area contributed by atoms with Crippen LogP contribution in [-0.4, -0.2) is 29.7 Å². The van der Waals surface area contributed by atoms with Crippen LogP contribution >= 0.6 is 11.3 Å². The standard InChI is InChI=1S/C23H29N3O4S/c1-6-15(7-2)26-12-18(22(27)24-11-14-13-31-21(8-3)25-14)16-9-19(29-4)20(30-5)10-17(16)23(26)28/h9-10,12-13,15H,6-8,11H2,1-5H3,(H,24,27). The van der Waals surface area contributed by atoms with Crippen molar-refractivity contribution < 1.29 is 14.3 Å². The Morgan fingerprint density at radius 3 is 2.32 bits per heavy atom. The van der Waals surface area contributed by atoms with E-state index in [4.69, 9.17) is 9.47 Å². The zero-order chi connectivity index (χ0) is 22.5. The second-order valence-corrected chi connectivity index (χ2v) is 8.19. The Bertz CT molecular complexity index is 1130. The molecule has 0 aliphatic heterocycles. The lowest BCUT2D eigenvalue weighted by atomic mass is 10.0. The first-order valence-electron chi connectivity index (χ1n) is 10.5. The minimum atomic E-state index is -0.261. The number of fused-ring (bicyclic) bond motifs is 1. The maximum Gasteiger partial charge on any atom is 0.258 e. The van der Waals surface area contributed by atoms with E-state index in [0.717, 1.165) is 30.0 Å². The summed E-state index contributed by atoms with van der Waals surface area (Å²) >= 11 is 1.58. The third kappa shape index (κ3) is 4.58. The first-order chi connectivity index (χ1) is 15.0. The molecule has 0 spiro atoms. The van der Waals surface area contributed by atoms with E-state index in [-0.39, 0.29) is 17.5 Å². The van der Waals surface area contributed by atoms with E-state index >= 15 is 0 Å². The molecule has 0 bridgehead atoms. The smallest absolute Gasteiger partial charge is 0.258 e. The molecule has 1 aromatic carbocycles. The number of aryl methyl sites for hydroxylation is 1. The van der Waals surface area contributed by atoms with Crippen LogP contribution in [0.15, 0.2) is 28.5 Å². The molecular weight excluding hydrogens is 414 g/mol. The fraction of sp³-hybridized carbons (Fsp3) is 0.435. The summed E-state index contributed by atoms with van der Waals surface area (Å²) in [6.07, 6.45) is 4.11. The first-order valence-corrected chi connectivity index (χ1v) is 11.4. The highest BCUT2D eigenvalue weighted by molar-refractivity contribution is 7.09. The summed E-state index contributed by atoms with van der Waals surface area (Å²) in [6, 6.07) is 3.35. The highest BCUT2D eigenvalue weighted by atomic mass is 32.1. The second kappa shape index (κ2) is 9.96. The number of thiazole rings is 1. The van der Waals surface area contributed by atoms with E-state index in [1.54, 1.807) is 34.2 Å². The van der Waals surface area contributed by atoms with Gasteiger partial charge in [0.05, 0.1) is 42.4 Å². The van der Waals surface area contributed by atoms with Crippen LogP contribution in [0.5, 0.6) is 11.5 Å². The molecule has 8 heteroatoms. The van der Waals surface area contributed by atoms with Gasteiger partial charge in [0, 0.05) is 23.0 Å². The average Bonchev–Trinajstić information content (AvgIpc) is 3.27. The number of aromatic nitrogens is 2. The van der Waals surface area contributed by atoms with Crippen molar-refractivity contribution >= 4 is 28.0 Å². The molecule has 0 aliphatic carbocycles. The van der Waals surface area contributed by atoms with E-state index < -0.39 is 0 Å². The number of nitrogens with zero attached hydrogens (tertiary/aromatic N) is 2. The lowest BCUT2D eigenvalue weighted by Crippen LogP contribution is -2.29. The van der Waals surface area contributed by atoms with Crippen molar-refractivity contribution in [2.45, 2.75) is 52.6 Å². The molecule has 1 amide bonds. The predicted molar refractivity (Wildman–Crippen MR) is 124 cm³/mol. The molecule has 0 radical (unpaired) electrons. The Kier molecular flexibility index (Phi) is 7.33. The van der Waals surface area contributed by atoms with Gasteiger partial charge in [-0.15, -0.1) is 11.3 Å². The van der Waals surface area contributed by atoms with Crippen molar-refractivity contribution in [3.63, 3.8) is 0 Å². The first kappa shape index (κ1) is 22.8. The maximum absolute atomic E-state index is 13.3. The molecule has 0 saturated carbocycles. The van der Waals surface area contributed by atoms with Gasteiger partial charge >= 0.3 is 0 Å². The molecular formula is C23H29N3O4S. The van der Waals surface area contributed by atoms with Crippen molar-refractivity contribution in [3.05, 3.63) is 50.3 Å². The Balaban J connectivity index is 2.11. The fourth-order valence-corrected chi connectivity index (χ4v) is 4.42. The molecule has 0 unspecified atom stereocenters. The van der Waals surface area contributed by atoms with Crippen molar-refractivity contribution in [1.82, 2.24) is 14.9 Å². The fourth-order valence-electron chi connectivity index (χ4n) is 3.68. The zero-order valence-corrected chi connectivity index (χ0v) is 19.5. The molecule has 31 heavy (non-hydrogen) atoms. The molecule has 166 valence electrons. The van der Waals surface area contributed by atoms with Crippen LogP contribution in [-0.2, 0) is 13.0 Å². The summed E-state index contributed by atoms with van der Waals surface area (Å²) in [7, 11) is 3.06. The summed E-state index contributed by atoms with van der Waals surface area (Å²) in [6.45, 7) is 6.45. The van der Waals surface area contributed by atoms with Crippen LogP contribution in [0.2, 0.25) is 0 Å². The lowest BCUT2D eigenvalue weighted by Gasteiger charge is -2.20. The molecule has 1 N–H and O–H groups in total. The minimum absolute atomic E-state index is 0.00204. The van der Waals surface area contributed by atoms with Crippen LogP contribution in [0.1, 0.15) is 60.7 Å². The van der Waals surface area contributed by atoms with Crippen LogP contribution in [0, 0.1) is 0 Å². The highest BCUT2D eigenvalue weighted by Crippen LogP contribution is 2.33. The Hall–Kier alpha value is -2.87. The van der Waals surface area contributed by atoms with Crippen molar-refractivity contribution in [3.8, 4) is 11.5 Å². The second-order valence-electron chi connectivity index (χ2n) is 7.25. The van der Waals surface area contributed by atoms with Crippen molar-refractivity contribution in [2.75, 3.05) is 14.2 Å². The van der Waals surface area contributed by atoms with Gasteiger partial charge in [-0.25, -0.2) is 4.98 Å². The third-order valence-electron chi connectivity index (χ3n) is 5.46. The zero-order valence-electron chi connectivity index (χ0n) is 18.7. The van der Waals surface area contributed by atoms with E-state index in [1.165, 1.54) is 14.2 Å². The van der Waals surface area contributed by atoms with Crippen LogP contribution in [0.3, 0.4) is 0 Å². The molecule has 0 aliphatic rings. The number of methoxy groups -OCH3 is 2. The summed E-state index contributed by atoms with van der Waals surface area (Å²) < 4.78 is 12.5. The number of pyridine rings is 1. The van der Waals surface area contributed by atoms with Crippen LogP contribution in [0.4, 0.5) is 0 Å². The molecule has 2 heterocycles. The molecule has 0 atom stereocenters. The third-order valence-corrected chi connectivity index (χ3v) is 6.50. The van der Waals surface area contributed by atoms with Gasteiger partial charge in [-0.1, -0.05) is 20.8 Å². The minimum Gasteiger partial charge on any atom is -0.493 e. The van der Waals surface area contributed by atoms with Crippen molar-refractivity contribution in [1.29, 1.82) is 0 Å². The Labute approximate surface area is 186 Å². The number of carbonyl (C=O) groups excluding carboxylic acids is 1. The number of hydrogen-bond donors (Lipinski definition) is 1. The number of benzene rings is 1. The van der Waals surface area contributed by atoms with E-state index in [0.29, 0.717) is 34.4 Å². The maximum atomic E-state index is 13.3. The normalized spacial score (nSPS) is 11.2. The Morgan fingerprint density at radius 1 is 1.13 bits per heavy atom. The lowest BCUT2D eigenvalue weighted by molar-refractivity contribution is 0.0951. The number of hydrogen-bond acceptors (Lipinski definition) is 6. The topological polar surface area (TPSA) is 82.5 Å². The van der Waals surface area contributed by atoms with Gasteiger partial charge in [0.25, 0.3) is 11.5 Å². The van der Waals surface area contributed by atoms with Gasteiger partial charge in [0.15, 0.2) is 11.5 Å². The number of nitrogens with one attached hydrogen (secondary N) is 1. The van der Waals surface area contributed by atoms with Gasteiger partial charge < -0.3 is 19.4 Å². The highest BCUT2D eigenvalue weighted by Gasteiger charge is 2.20. The monoisotopic (exact) mass is 443 g/mol. The van der Waals surface area contributed by atoms with Gasteiger partial charge in [-0.2, -0.15) is 0 Å². The number of rotatable bonds is 9. The predicted octanol–water partition coefficient (Wildman–Crippen LogP) is 4.33. The molecule has 2 aromatic heterocycles. The summed E-state index contributed by atoms with van der Waals surface area (Å²) in [5.41, 5.74) is 1.11. The van der Waals surface area contributed by atoms with Crippen LogP contribution in [0.25, 0.3) is 10.8 Å². The quantitative estimate of drug-likeness (QED) is 0.532. The number of ether oxygens (including phenoxy) is 2. The Morgan fingerprint density at radius 2 is 1.77 bits per heavy atom. The SMILES string of the molecule is CCc1nc(CNC(=O)c2cn(C(CC)CC)c(=O)c3cc(OC)c(OC)cc23)cs1. The molecule has 3 rings (SSSR count). The average molecular weight is 444 g/mol. The van der Waals surface area contributed by atoms with Crippen LogP contribution < -0.4 is 20.3 Å². The van der Waals surface area contributed by atoms with Gasteiger partial charge in [-0.05, 0) is 31.4 Å². The number of amides is 1. The van der Waals surface area contributed by atoms with E-state index in [2.05, 4.69) is 17.2 Å². The molecule has 3 aromatic rings. The summed E-state index contributed by atoms with van der Waals surface area (Å²) in [5, 5.41) is 6.91. The summed E-state index contributed by atoms with van der Waals surface area (Å²) in [5.74, 6) is 0.661. The summed E-state index contributed by atoms with van der Waals surface area (Å²) in [4.78, 5) is 31.0. The molecule has 7 nitrogen and oxygen atoms in total. The van der Waals surface area contributed by atoms with E-state index in [1.807, 2.05) is 19.2 Å². The van der Waals surface area contributed by atoms with E-state index in [9.17, 15) is 9.59 Å². The van der Waals surface area contributed by atoms with Gasteiger partial charge in [-0.3, -0.25) is 9.59 Å². The molecule has 0 saturated heterocycles. The molecule has 0 fully saturated rings.